The Morgan fingerprint density at radius 3 is 2.16 bits per heavy atom. The van der Waals surface area contributed by atoms with Gasteiger partial charge in [0.15, 0.2) is 5.78 Å². The Bertz CT molecular complexity index is 559. The predicted molar refractivity (Wildman–Crippen MR) is 74.3 cm³/mol. The highest BCUT2D eigenvalue weighted by Gasteiger charge is 2.22. The van der Waals surface area contributed by atoms with Crippen LogP contribution in [-0.4, -0.2) is 10.8 Å². The number of carbonyl (C=O) groups excluding carboxylic acids is 1. The molecule has 0 saturated heterocycles. The summed E-state index contributed by atoms with van der Waals surface area (Å²) in [4.78, 5) is 15.2. The van der Waals surface area contributed by atoms with E-state index in [4.69, 9.17) is 4.74 Å². The highest BCUT2D eigenvalue weighted by Crippen LogP contribution is 2.27. The molecule has 19 heavy (non-hydrogen) atoms. The molecule has 0 amide bonds. The number of pyridine rings is 1. The molecule has 1 aromatic carbocycles. The van der Waals surface area contributed by atoms with Gasteiger partial charge in [-0.2, -0.15) is 0 Å². The fraction of sp³-hybridized carbons (Fsp3) is 0.250. The zero-order valence-electron chi connectivity index (χ0n) is 11.4. The summed E-state index contributed by atoms with van der Waals surface area (Å²) in [5.74, 6) is 0.798. The minimum atomic E-state index is -0.444. The van der Waals surface area contributed by atoms with E-state index in [0.717, 1.165) is 11.3 Å². The van der Waals surface area contributed by atoms with E-state index in [-0.39, 0.29) is 5.78 Å². The fourth-order valence-electron chi connectivity index (χ4n) is 1.86. The highest BCUT2D eigenvalue weighted by atomic mass is 16.5. The average Bonchev–Trinajstić information content (AvgIpc) is 2.40. The molecule has 0 radical (unpaired) electrons. The molecule has 98 valence electrons. The van der Waals surface area contributed by atoms with Crippen LogP contribution in [0.25, 0.3) is 0 Å². The Morgan fingerprint density at radius 1 is 1.05 bits per heavy atom. The standard InChI is InChI=1S/C16H17NO2/c1-12(18)13-4-6-15(7-5-13)19-16(2,3)14-8-10-17-11-9-14/h4-11H,1-3H3. The van der Waals surface area contributed by atoms with Crippen molar-refractivity contribution in [2.24, 2.45) is 0 Å². The number of rotatable bonds is 4. The number of ether oxygens (including phenoxy) is 1. The average molecular weight is 255 g/mol. The Morgan fingerprint density at radius 2 is 1.63 bits per heavy atom. The maximum atomic E-state index is 11.2. The second kappa shape index (κ2) is 5.22. The second-order valence-electron chi connectivity index (χ2n) is 4.93. The zero-order valence-corrected chi connectivity index (χ0v) is 11.4. The molecule has 0 fully saturated rings. The van der Waals surface area contributed by atoms with Gasteiger partial charge in [-0.1, -0.05) is 0 Å². The van der Waals surface area contributed by atoms with Gasteiger partial charge in [0.1, 0.15) is 11.4 Å². The lowest BCUT2D eigenvalue weighted by molar-refractivity contribution is 0.101. The van der Waals surface area contributed by atoms with Crippen LogP contribution in [0.3, 0.4) is 0 Å². The molecule has 2 aromatic rings. The molecule has 0 aliphatic rings. The van der Waals surface area contributed by atoms with E-state index in [1.165, 1.54) is 0 Å². The minimum absolute atomic E-state index is 0.0555. The van der Waals surface area contributed by atoms with Gasteiger partial charge in [-0.15, -0.1) is 0 Å². The molecule has 1 heterocycles. The van der Waals surface area contributed by atoms with Crippen molar-refractivity contribution in [2.45, 2.75) is 26.4 Å². The maximum Gasteiger partial charge on any atom is 0.159 e. The van der Waals surface area contributed by atoms with Gasteiger partial charge in [-0.05, 0) is 62.7 Å². The third-order valence-corrected chi connectivity index (χ3v) is 3.01. The van der Waals surface area contributed by atoms with E-state index in [0.29, 0.717) is 5.56 Å². The van der Waals surface area contributed by atoms with E-state index >= 15 is 0 Å². The molecule has 0 atom stereocenters. The Balaban J connectivity index is 2.18. The van der Waals surface area contributed by atoms with Crippen LogP contribution in [0.4, 0.5) is 0 Å². The van der Waals surface area contributed by atoms with E-state index in [9.17, 15) is 4.79 Å². The predicted octanol–water partition coefficient (Wildman–Crippen LogP) is 3.60. The topological polar surface area (TPSA) is 39.2 Å². The summed E-state index contributed by atoms with van der Waals surface area (Å²) in [6.07, 6.45) is 3.50. The van der Waals surface area contributed by atoms with Crippen molar-refractivity contribution in [1.82, 2.24) is 4.98 Å². The van der Waals surface area contributed by atoms with Gasteiger partial charge in [-0.25, -0.2) is 0 Å². The summed E-state index contributed by atoms with van der Waals surface area (Å²) in [5, 5.41) is 0. The molecule has 0 spiro atoms. The smallest absolute Gasteiger partial charge is 0.159 e. The van der Waals surface area contributed by atoms with Gasteiger partial charge in [0.25, 0.3) is 0 Å². The second-order valence-corrected chi connectivity index (χ2v) is 4.93. The van der Waals surface area contributed by atoms with Gasteiger partial charge >= 0.3 is 0 Å². The molecule has 0 aliphatic heterocycles. The molecule has 0 N–H and O–H groups in total. The number of nitrogens with zero attached hydrogens (tertiary/aromatic N) is 1. The third kappa shape index (κ3) is 3.19. The van der Waals surface area contributed by atoms with E-state index < -0.39 is 5.60 Å². The Hall–Kier alpha value is -2.16. The molecule has 2 rings (SSSR count). The molecule has 1 aromatic heterocycles. The normalized spacial score (nSPS) is 11.1. The van der Waals surface area contributed by atoms with Gasteiger partial charge in [-0.3, -0.25) is 9.78 Å². The first-order valence-electron chi connectivity index (χ1n) is 6.19. The monoisotopic (exact) mass is 255 g/mol. The van der Waals surface area contributed by atoms with Crippen LogP contribution in [0.2, 0.25) is 0 Å². The van der Waals surface area contributed by atoms with E-state index in [2.05, 4.69) is 4.98 Å². The van der Waals surface area contributed by atoms with Gasteiger partial charge < -0.3 is 4.74 Å². The molecule has 0 unspecified atom stereocenters. The van der Waals surface area contributed by atoms with Crippen LogP contribution < -0.4 is 4.74 Å². The van der Waals surface area contributed by atoms with E-state index in [1.54, 1.807) is 31.5 Å². The number of Topliss-reactive ketones (excluding diaryl/α,β-unsaturated/α-hetero) is 1. The molecule has 0 saturated carbocycles. The van der Waals surface area contributed by atoms with Crippen molar-refractivity contribution in [1.29, 1.82) is 0 Å². The number of hydrogen-bond donors (Lipinski definition) is 0. The van der Waals surface area contributed by atoms with Crippen LogP contribution >= 0.6 is 0 Å². The number of benzene rings is 1. The number of carbonyl (C=O) groups is 1. The molecule has 0 bridgehead atoms. The molecular weight excluding hydrogens is 238 g/mol. The molecule has 0 aliphatic carbocycles. The summed E-state index contributed by atoms with van der Waals surface area (Å²) in [6.45, 7) is 5.55. The molecular formula is C16H17NO2. The summed E-state index contributed by atoms with van der Waals surface area (Å²) in [5.41, 5.74) is 1.30. The van der Waals surface area contributed by atoms with Crippen molar-refractivity contribution in [3.63, 3.8) is 0 Å². The Labute approximate surface area is 113 Å². The fourth-order valence-corrected chi connectivity index (χ4v) is 1.86. The van der Waals surface area contributed by atoms with E-state index in [1.807, 2.05) is 38.1 Å². The minimum Gasteiger partial charge on any atom is -0.483 e. The molecule has 3 nitrogen and oxygen atoms in total. The summed E-state index contributed by atoms with van der Waals surface area (Å²) in [7, 11) is 0. The Kier molecular flexibility index (Phi) is 3.65. The summed E-state index contributed by atoms with van der Waals surface area (Å²) in [6, 6.07) is 11.1. The highest BCUT2D eigenvalue weighted by molar-refractivity contribution is 5.94. The number of ketones is 1. The lowest BCUT2D eigenvalue weighted by atomic mass is 9.99. The van der Waals surface area contributed by atoms with Crippen LogP contribution in [0, 0.1) is 0 Å². The number of hydrogen-bond acceptors (Lipinski definition) is 3. The lowest BCUT2D eigenvalue weighted by Crippen LogP contribution is -2.25. The SMILES string of the molecule is CC(=O)c1ccc(OC(C)(C)c2ccncc2)cc1. The summed E-state index contributed by atoms with van der Waals surface area (Å²) >= 11 is 0. The van der Waals surface area contributed by atoms with Crippen LogP contribution in [0.1, 0.15) is 36.7 Å². The van der Waals surface area contributed by atoms with Gasteiger partial charge in [0.05, 0.1) is 0 Å². The van der Waals surface area contributed by atoms with Crippen molar-refractivity contribution in [3.05, 3.63) is 59.9 Å². The van der Waals surface area contributed by atoms with Crippen molar-refractivity contribution >= 4 is 5.78 Å². The third-order valence-electron chi connectivity index (χ3n) is 3.01. The lowest BCUT2D eigenvalue weighted by Gasteiger charge is -2.27. The first-order chi connectivity index (χ1) is 8.99. The quantitative estimate of drug-likeness (QED) is 0.784. The zero-order chi connectivity index (χ0) is 13.9. The van der Waals surface area contributed by atoms with Crippen LogP contribution in [0.5, 0.6) is 5.75 Å². The number of aromatic nitrogens is 1. The largest absolute Gasteiger partial charge is 0.483 e. The van der Waals surface area contributed by atoms with Gasteiger partial charge in [0, 0.05) is 18.0 Å². The van der Waals surface area contributed by atoms with Crippen LogP contribution in [0.15, 0.2) is 48.8 Å². The van der Waals surface area contributed by atoms with Gasteiger partial charge in [0.2, 0.25) is 0 Å². The summed E-state index contributed by atoms with van der Waals surface area (Å²) < 4.78 is 5.98. The van der Waals surface area contributed by atoms with Crippen molar-refractivity contribution in [3.8, 4) is 5.75 Å². The van der Waals surface area contributed by atoms with Crippen LogP contribution in [-0.2, 0) is 5.60 Å². The van der Waals surface area contributed by atoms with Crippen molar-refractivity contribution in [2.75, 3.05) is 0 Å². The first-order valence-corrected chi connectivity index (χ1v) is 6.19. The maximum absolute atomic E-state index is 11.2. The van der Waals surface area contributed by atoms with Crippen molar-refractivity contribution < 1.29 is 9.53 Å². The molecule has 3 heteroatoms. The first kappa shape index (κ1) is 13.3.